The van der Waals surface area contributed by atoms with Gasteiger partial charge in [0, 0.05) is 25.1 Å². The van der Waals surface area contributed by atoms with Crippen LogP contribution in [-0.2, 0) is 9.47 Å². The molecule has 4 heteroatoms. The Morgan fingerprint density at radius 1 is 1.00 bits per heavy atom. The molecule has 0 amide bonds. The Morgan fingerprint density at radius 3 is 2.38 bits per heavy atom. The molecule has 2 spiro atoms. The minimum atomic E-state index is 0.469. The quantitative estimate of drug-likeness (QED) is 0.772. The standard InChI is InChI=1S/C17H30N2O2/c1-18-6-2-16(12-18)5-9-21-15(10-16)11-19-7-3-17(4-8-19)13-20-14-17/h15H,2-14H2,1H3. The van der Waals surface area contributed by atoms with Crippen molar-refractivity contribution in [2.24, 2.45) is 10.8 Å². The van der Waals surface area contributed by atoms with E-state index in [4.69, 9.17) is 9.47 Å². The van der Waals surface area contributed by atoms with Crippen molar-refractivity contribution in [3.05, 3.63) is 0 Å². The fourth-order valence-corrected chi connectivity index (χ4v) is 4.91. The maximum atomic E-state index is 6.11. The normalized spacial score (nSPS) is 40.7. The summed E-state index contributed by atoms with van der Waals surface area (Å²) in [5, 5.41) is 0. The summed E-state index contributed by atoms with van der Waals surface area (Å²) in [5.41, 5.74) is 1.12. The third-order valence-corrected chi connectivity index (χ3v) is 6.47. The van der Waals surface area contributed by atoms with Crippen LogP contribution in [0.4, 0.5) is 0 Å². The number of likely N-dealkylation sites (tertiary alicyclic amines) is 2. The van der Waals surface area contributed by atoms with Crippen molar-refractivity contribution >= 4 is 0 Å². The van der Waals surface area contributed by atoms with E-state index in [-0.39, 0.29) is 0 Å². The summed E-state index contributed by atoms with van der Waals surface area (Å²) < 4.78 is 11.5. The summed E-state index contributed by atoms with van der Waals surface area (Å²) in [6, 6.07) is 0. The highest BCUT2D eigenvalue weighted by molar-refractivity contribution is 4.95. The third-order valence-electron chi connectivity index (χ3n) is 6.47. The van der Waals surface area contributed by atoms with Gasteiger partial charge in [-0.25, -0.2) is 0 Å². The highest BCUT2D eigenvalue weighted by atomic mass is 16.5. The third kappa shape index (κ3) is 2.88. The molecule has 21 heavy (non-hydrogen) atoms. The molecule has 0 aromatic heterocycles. The van der Waals surface area contributed by atoms with Crippen LogP contribution in [0.1, 0.15) is 32.1 Å². The van der Waals surface area contributed by atoms with Gasteiger partial charge in [-0.15, -0.1) is 0 Å². The summed E-state index contributed by atoms with van der Waals surface area (Å²) in [4.78, 5) is 5.15. The second-order valence-corrected chi connectivity index (χ2v) is 8.23. The lowest BCUT2D eigenvalue weighted by molar-refractivity contribution is -0.144. The van der Waals surface area contributed by atoms with Crippen molar-refractivity contribution in [2.75, 3.05) is 59.6 Å². The van der Waals surface area contributed by atoms with Gasteiger partial charge in [0.05, 0.1) is 19.3 Å². The molecule has 0 radical (unpaired) electrons. The van der Waals surface area contributed by atoms with Crippen molar-refractivity contribution in [3.8, 4) is 0 Å². The van der Waals surface area contributed by atoms with E-state index in [0.29, 0.717) is 16.9 Å². The zero-order valence-corrected chi connectivity index (χ0v) is 13.5. The van der Waals surface area contributed by atoms with Crippen molar-refractivity contribution in [1.82, 2.24) is 9.80 Å². The van der Waals surface area contributed by atoms with Crippen LogP contribution in [0.2, 0.25) is 0 Å². The second-order valence-electron chi connectivity index (χ2n) is 8.23. The van der Waals surface area contributed by atoms with Crippen LogP contribution in [0.15, 0.2) is 0 Å². The van der Waals surface area contributed by atoms with Gasteiger partial charge in [0.2, 0.25) is 0 Å². The van der Waals surface area contributed by atoms with E-state index in [1.807, 2.05) is 0 Å². The molecule has 0 aromatic rings. The predicted octanol–water partition coefficient (Wildman–Crippen LogP) is 1.60. The first-order valence-corrected chi connectivity index (χ1v) is 8.78. The fourth-order valence-electron chi connectivity index (χ4n) is 4.91. The van der Waals surface area contributed by atoms with Gasteiger partial charge < -0.3 is 19.3 Å². The van der Waals surface area contributed by atoms with Gasteiger partial charge >= 0.3 is 0 Å². The average molecular weight is 294 g/mol. The lowest BCUT2D eigenvalue weighted by Crippen LogP contribution is -2.52. The largest absolute Gasteiger partial charge is 0.380 e. The van der Waals surface area contributed by atoms with Crippen LogP contribution in [0.5, 0.6) is 0 Å². The Balaban J connectivity index is 1.29. The first-order valence-electron chi connectivity index (χ1n) is 8.78. The van der Waals surface area contributed by atoms with Crippen molar-refractivity contribution in [3.63, 3.8) is 0 Å². The van der Waals surface area contributed by atoms with Crippen LogP contribution in [0.25, 0.3) is 0 Å². The molecule has 4 aliphatic heterocycles. The zero-order chi connectivity index (χ0) is 14.3. The maximum absolute atomic E-state index is 6.11. The molecule has 4 saturated heterocycles. The molecule has 4 rings (SSSR count). The molecule has 4 fully saturated rings. The van der Waals surface area contributed by atoms with E-state index in [1.165, 1.54) is 58.3 Å². The van der Waals surface area contributed by atoms with Crippen LogP contribution < -0.4 is 0 Å². The van der Waals surface area contributed by atoms with Gasteiger partial charge in [-0.2, -0.15) is 0 Å². The number of ether oxygens (including phenoxy) is 2. The van der Waals surface area contributed by atoms with E-state index in [1.54, 1.807) is 0 Å². The minimum Gasteiger partial charge on any atom is -0.380 e. The van der Waals surface area contributed by atoms with E-state index >= 15 is 0 Å². The Labute approximate surface area is 128 Å². The molecule has 0 aromatic carbocycles. The molecule has 2 atom stereocenters. The number of rotatable bonds is 2. The molecule has 4 aliphatic rings. The lowest BCUT2D eigenvalue weighted by atomic mass is 9.75. The van der Waals surface area contributed by atoms with Crippen LogP contribution in [0, 0.1) is 10.8 Å². The minimum absolute atomic E-state index is 0.469. The SMILES string of the molecule is CN1CCC2(CCOC(CN3CCC4(CC3)COC4)C2)C1. The molecule has 2 unspecified atom stereocenters. The van der Waals surface area contributed by atoms with Gasteiger partial charge in [-0.1, -0.05) is 0 Å². The Kier molecular flexibility index (Phi) is 3.77. The summed E-state index contributed by atoms with van der Waals surface area (Å²) >= 11 is 0. The molecule has 4 nitrogen and oxygen atoms in total. The average Bonchev–Trinajstić information content (AvgIpc) is 2.79. The predicted molar refractivity (Wildman–Crippen MR) is 82.4 cm³/mol. The van der Waals surface area contributed by atoms with Crippen molar-refractivity contribution in [2.45, 2.75) is 38.2 Å². The number of hydrogen-bond donors (Lipinski definition) is 0. The first-order chi connectivity index (χ1) is 10.2. The van der Waals surface area contributed by atoms with Crippen LogP contribution >= 0.6 is 0 Å². The van der Waals surface area contributed by atoms with Gasteiger partial charge in [0.25, 0.3) is 0 Å². The smallest absolute Gasteiger partial charge is 0.0707 e. The van der Waals surface area contributed by atoms with Gasteiger partial charge in [-0.3, -0.25) is 0 Å². The highest BCUT2D eigenvalue weighted by Gasteiger charge is 2.44. The zero-order valence-electron chi connectivity index (χ0n) is 13.5. The Morgan fingerprint density at radius 2 is 1.76 bits per heavy atom. The van der Waals surface area contributed by atoms with Crippen LogP contribution in [-0.4, -0.2) is 75.5 Å². The summed E-state index contributed by atoms with van der Waals surface area (Å²) in [5.74, 6) is 0. The molecular weight excluding hydrogens is 264 g/mol. The van der Waals surface area contributed by atoms with Gasteiger partial charge in [0.15, 0.2) is 0 Å². The molecule has 0 N–H and O–H groups in total. The lowest BCUT2D eigenvalue weighted by Gasteiger charge is -2.48. The van der Waals surface area contributed by atoms with Gasteiger partial charge in [0.1, 0.15) is 0 Å². The van der Waals surface area contributed by atoms with Crippen LogP contribution in [0.3, 0.4) is 0 Å². The second kappa shape index (κ2) is 5.48. The first kappa shape index (κ1) is 14.4. The number of hydrogen-bond acceptors (Lipinski definition) is 4. The van der Waals surface area contributed by atoms with E-state index < -0.39 is 0 Å². The van der Waals surface area contributed by atoms with Crippen molar-refractivity contribution < 1.29 is 9.47 Å². The molecule has 0 aliphatic carbocycles. The van der Waals surface area contributed by atoms with E-state index in [9.17, 15) is 0 Å². The monoisotopic (exact) mass is 294 g/mol. The summed E-state index contributed by atoms with van der Waals surface area (Å²) in [6.07, 6.45) is 7.05. The molecule has 0 bridgehead atoms. The topological polar surface area (TPSA) is 24.9 Å². The Bertz CT molecular complexity index is 371. The number of piperidine rings is 1. The van der Waals surface area contributed by atoms with E-state index in [2.05, 4.69) is 16.8 Å². The number of nitrogens with zero attached hydrogens (tertiary/aromatic N) is 2. The summed E-state index contributed by atoms with van der Waals surface area (Å²) in [7, 11) is 2.27. The molecule has 4 heterocycles. The molecule has 120 valence electrons. The van der Waals surface area contributed by atoms with Gasteiger partial charge in [-0.05, 0) is 64.2 Å². The summed E-state index contributed by atoms with van der Waals surface area (Å²) in [6.45, 7) is 9.21. The fraction of sp³-hybridized carbons (Fsp3) is 1.00. The maximum Gasteiger partial charge on any atom is 0.0707 e. The van der Waals surface area contributed by atoms with Crippen molar-refractivity contribution in [1.29, 1.82) is 0 Å². The molecular formula is C17H30N2O2. The Hall–Kier alpha value is -0.160. The highest BCUT2D eigenvalue weighted by Crippen LogP contribution is 2.42. The van der Waals surface area contributed by atoms with E-state index in [0.717, 1.165) is 26.4 Å². The molecule has 0 saturated carbocycles.